The topological polar surface area (TPSA) is 124 Å². The number of carbonyl (C=O) groups is 3. The largest absolute Gasteiger partial charge is 0.495 e. The standard InChI is InChI=1S/C34H31F2N7O4/c1-40(2)30(44)20-41-18-27-28(19-41)43-31(26(17-38-43)39-32(45)21-9-14-29(47-3)22(15-21)16-37)33(46)42(27)25-12-10-24(11-13-25)34(35,36)23-7-5-4-6-8-23/h4-15,17,27-28H,18-20H2,1-3H3,(H,39,45)/t27-,28-/m0/s1. The molecule has 0 spiro atoms. The normalized spacial score (nSPS) is 17.4. The predicted molar refractivity (Wildman–Crippen MR) is 169 cm³/mol. The quantitative estimate of drug-likeness (QED) is 0.308. The highest BCUT2D eigenvalue weighted by molar-refractivity contribution is 6.13. The Balaban J connectivity index is 1.35. The van der Waals surface area contributed by atoms with Crippen molar-refractivity contribution in [3.05, 3.63) is 107 Å². The summed E-state index contributed by atoms with van der Waals surface area (Å²) in [5, 5.41) is 16.7. The molecule has 2 aliphatic rings. The van der Waals surface area contributed by atoms with E-state index in [-0.39, 0.29) is 46.1 Å². The van der Waals surface area contributed by atoms with E-state index in [2.05, 4.69) is 10.4 Å². The van der Waals surface area contributed by atoms with Gasteiger partial charge in [-0.3, -0.25) is 24.0 Å². The van der Waals surface area contributed by atoms with Crippen LogP contribution in [0.3, 0.4) is 0 Å². The molecule has 13 heteroatoms. The first-order chi connectivity index (χ1) is 22.5. The summed E-state index contributed by atoms with van der Waals surface area (Å²) in [4.78, 5) is 45.1. The van der Waals surface area contributed by atoms with Crippen molar-refractivity contribution in [2.45, 2.75) is 18.0 Å². The van der Waals surface area contributed by atoms with Gasteiger partial charge < -0.3 is 19.9 Å². The Hall–Kier alpha value is -5.61. The average Bonchev–Trinajstić information content (AvgIpc) is 3.69. The lowest BCUT2D eigenvalue weighted by Crippen LogP contribution is -2.51. The van der Waals surface area contributed by atoms with E-state index >= 15 is 8.78 Å². The molecule has 240 valence electrons. The third-order valence-electron chi connectivity index (χ3n) is 8.53. The van der Waals surface area contributed by atoms with Gasteiger partial charge in [-0.1, -0.05) is 42.5 Å². The zero-order valence-corrected chi connectivity index (χ0v) is 25.9. The number of benzene rings is 3. The van der Waals surface area contributed by atoms with Gasteiger partial charge in [-0.25, -0.2) is 0 Å². The maximum atomic E-state index is 15.4. The number of hydrogen-bond acceptors (Lipinski definition) is 7. The maximum absolute atomic E-state index is 15.4. The van der Waals surface area contributed by atoms with E-state index in [1.165, 1.54) is 77.7 Å². The van der Waals surface area contributed by atoms with Crippen LogP contribution in [0.4, 0.5) is 20.2 Å². The zero-order chi connectivity index (χ0) is 33.5. The first-order valence-corrected chi connectivity index (χ1v) is 14.8. The van der Waals surface area contributed by atoms with Gasteiger partial charge in [0.15, 0.2) is 5.69 Å². The van der Waals surface area contributed by atoms with Gasteiger partial charge in [0.2, 0.25) is 5.91 Å². The maximum Gasteiger partial charge on any atom is 0.298 e. The van der Waals surface area contributed by atoms with Crippen LogP contribution < -0.4 is 15.0 Å². The molecule has 11 nitrogen and oxygen atoms in total. The van der Waals surface area contributed by atoms with Crippen LogP contribution >= 0.6 is 0 Å². The van der Waals surface area contributed by atoms with E-state index in [1.807, 2.05) is 11.0 Å². The number of halogens is 2. The summed E-state index contributed by atoms with van der Waals surface area (Å²) in [6.45, 7) is 0.828. The molecule has 0 unspecified atom stereocenters. The van der Waals surface area contributed by atoms with Crippen molar-refractivity contribution in [3.63, 3.8) is 0 Å². The van der Waals surface area contributed by atoms with Gasteiger partial charge in [-0.15, -0.1) is 0 Å². The summed E-state index contributed by atoms with van der Waals surface area (Å²) in [5.41, 5.74) is 0.596. The van der Waals surface area contributed by atoms with Crippen molar-refractivity contribution in [3.8, 4) is 11.8 Å². The van der Waals surface area contributed by atoms with E-state index in [4.69, 9.17) is 4.74 Å². The van der Waals surface area contributed by atoms with Crippen LogP contribution in [0.15, 0.2) is 79.0 Å². The van der Waals surface area contributed by atoms with Crippen LogP contribution in [0.1, 0.15) is 43.6 Å². The van der Waals surface area contributed by atoms with Gasteiger partial charge >= 0.3 is 0 Å². The minimum Gasteiger partial charge on any atom is -0.495 e. The Bertz CT molecular complexity index is 1890. The summed E-state index contributed by atoms with van der Waals surface area (Å²) < 4.78 is 37.4. The number of anilines is 2. The summed E-state index contributed by atoms with van der Waals surface area (Å²) in [6, 6.07) is 18.6. The highest BCUT2D eigenvalue weighted by atomic mass is 19.3. The summed E-state index contributed by atoms with van der Waals surface area (Å²) >= 11 is 0. The van der Waals surface area contributed by atoms with Gasteiger partial charge in [-0.05, 0) is 30.3 Å². The molecule has 0 bridgehead atoms. The Labute approximate surface area is 269 Å². The van der Waals surface area contributed by atoms with Gasteiger partial charge in [0.05, 0.1) is 43.2 Å². The van der Waals surface area contributed by atoms with Gasteiger partial charge in [0.25, 0.3) is 17.7 Å². The summed E-state index contributed by atoms with van der Waals surface area (Å²) in [7, 11) is 4.75. The Morgan fingerprint density at radius 2 is 1.72 bits per heavy atom. The molecule has 1 aromatic heterocycles. The van der Waals surface area contributed by atoms with Gasteiger partial charge in [-0.2, -0.15) is 19.1 Å². The lowest BCUT2D eigenvalue weighted by Gasteiger charge is -2.37. The third-order valence-corrected chi connectivity index (χ3v) is 8.53. The molecule has 3 heterocycles. The predicted octanol–water partition coefficient (Wildman–Crippen LogP) is 4.13. The number of nitrogens with one attached hydrogen (secondary N) is 1. The number of alkyl halides is 2. The second-order valence-electron chi connectivity index (χ2n) is 11.6. The number of likely N-dealkylation sites (tertiary alicyclic amines) is 1. The fourth-order valence-electron chi connectivity index (χ4n) is 6.07. The average molecular weight is 640 g/mol. The fraction of sp³-hybridized carbons (Fsp3) is 0.265. The molecule has 0 aliphatic carbocycles. The second kappa shape index (κ2) is 12.3. The number of amides is 3. The number of carbonyl (C=O) groups excluding carboxylic acids is 3. The zero-order valence-electron chi connectivity index (χ0n) is 25.9. The SMILES string of the molecule is COc1ccc(C(=O)Nc2cnn3c2C(=O)N(c2ccc(C(F)(F)c4ccccc4)cc2)[C@H]2CN(CC(=O)N(C)C)C[C@@H]23)cc1C#N. The molecule has 4 aromatic rings. The molecule has 0 saturated carbocycles. The number of likely N-dealkylation sites (N-methyl/N-ethyl adjacent to an activating group) is 1. The minimum absolute atomic E-state index is 0.105. The van der Waals surface area contributed by atoms with Crippen molar-refractivity contribution in [1.82, 2.24) is 19.6 Å². The molecule has 1 N–H and O–H groups in total. The highest BCUT2D eigenvalue weighted by Crippen LogP contribution is 2.40. The van der Waals surface area contributed by atoms with E-state index < -0.39 is 29.8 Å². The molecule has 0 radical (unpaired) electrons. The third kappa shape index (κ3) is 5.68. The van der Waals surface area contributed by atoms with Crippen molar-refractivity contribution in [1.29, 1.82) is 5.26 Å². The number of ether oxygens (including phenoxy) is 1. The second-order valence-corrected chi connectivity index (χ2v) is 11.6. The molecule has 47 heavy (non-hydrogen) atoms. The molecule has 1 fully saturated rings. The Morgan fingerprint density at radius 3 is 2.38 bits per heavy atom. The van der Waals surface area contributed by atoms with E-state index in [9.17, 15) is 19.6 Å². The molecule has 2 aliphatic heterocycles. The van der Waals surface area contributed by atoms with Gasteiger partial charge in [0, 0.05) is 49.6 Å². The Morgan fingerprint density at radius 1 is 1.04 bits per heavy atom. The first kappa shape index (κ1) is 31.4. The number of methoxy groups -OCH3 is 1. The van der Waals surface area contributed by atoms with Crippen LogP contribution in [0.2, 0.25) is 0 Å². The molecular formula is C34H31F2N7O4. The Kier molecular flexibility index (Phi) is 8.21. The molecule has 2 atom stereocenters. The monoisotopic (exact) mass is 639 g/mol. The number of hydrogen-bond donors (Lipinski definition) is 1. The van der Waals surface area contributed by atoms with E-state index in [1.54, 1.807) is 37.0 Å². The molecule has 3 aromatic carbocycles. The number of nitrogens with zero attached hydrogens (tertiary/aromatic N) is 6. The van der Waals surface area contributed by atoms with Crippen molar-refractivity contribution in [2.75, 3.05) is 51.1 Å². The summed E-state index contributed by atoms with van der Waals surface area (Å²) in [6.07, 6.45) is 1.39. The number of fused-ring (bicyclic) bond motifs is 3. The molecule has 1 saturated heterocycles. The van der Waals surface area contributed by atoms with Gasteiger partial charge in [0.1, 0.15) is 11.8 Å². The van der Waals surface area contributed by atoms with Crippen LogP contribution in [0.5, 0.6) is 5.75 Å². The van der Waals surface area contributed by atoms with Crippen molar-refractivity contribution >= 4 is 29.1 Å². The van der Waals surface area contributed by atoms with Crippen LogP contribution in [-0.2, 0) is 10.7 Å². The lowest BCUT2D eigenvalue weighted by atomic mass is 9.99. The number of nitriles is 1. The van der Waals surface area contributed by atoms with Crippen molar-refractivity contribution < 1.29 is 27.9 Å². The highest BCUT2D eigenvalue weighted by Gasteiger charge is 2.48. The van der Waals surface area contributed by atoms with Crippen LogP contribution in [0, 0.1) is 11.3 Å². The molecule has 3 amide bonds. The van der Waals surface area contributed by atoms with Crippen LogP contribution in [0.25, 0.3) is 0 Å². The first-order valence-electron chi connectivity index (χ1n) is 14.8. The van der Waals surface area contributed by atoms with E-state index in [0.29, 0.717) is 24.5 Å². The summed E-state index contributed by atoms with van der Waals surface area (Å²) in [5.74, 6) is -4.12. The lowest BCUT2D eigenvalue weighted by molar-refractivity contribution is -0.129. The number of aromatic nitrogens is 2. The van der Waals surface area contributed by atoms with Crippen molar-refractivity contribution in [2.24, 2.45) is 0 Å². The van der Waals surface area contributed by atoms with Crippen LogP contribution in [-0.4, -0.2) is 84.2 Å². The smallest absolute Gasteiger partial charge is 0.298 e. The number of rotatable bonds is 8. The molecular weight excluding hydrogens is 608 g/mol. The molecule has 6 rings (SSSR count). The van der Waals surface area contributed by atoms with E-state index in [0.717, 1.165) is 0 Å². The minimum atomic E-state index is -3.26. The fourth-order valence-corrected chi connectivity index (χ4v) is 6.07.